The summed E-state index contributed by atoms with van der Waals surface area (Å²) in [6, 6.07) is 13.4. The van der Waals surface area contributed by atoms with Crippen LogP contribution in [0.5, 0.6) is 0 Å². The molecule has 3 rings (SSSR count). The van der Waals surface area contributed by atoms with E-state index in [9.17, 15) is 4.79 Å². The smallest absolute Gasteiger partial charge is 0.267 e. The third-order valence-corrected chi connectivity index (χ3v) is 3.63. The average Bonchev–Trinajstić information content (AvgIpc) is 2.48. The van der Waals surface area contributed by atoms with Crippen molar-refractivity contribution in [2.75, 3.05) is 0 Å². The first-order chi connectivity index (χ1) is 10.4. The summed E-state index contributed by atoms with van der Waals surface area (Å²) in [5.74, 6) is 0. The van der Waals surface area contributed by atoms with Gasteiger partial charge in [-0.3, -0.25) is 9.78 Å². The van der Waals surface area contributed by atoms with Gasteiger partial charge in [-0.1, -0.05) is 32.9 Å². The fourth-order valence-electron chi connectivity index (χ4n) is 2.36. The second kappa shape index (κ2) is 5.37. The SMILES string of the molecule is CC(C)(C)c1ccc(=O)n(Cc2ccc3ncccc3c2)n1. The Morgan fingerprint density at radius 3 is 2.68 bits per heavy atom. The highest BCUT2D eigenvalue weighted by atomic mass is 16.1. The van der Waals surface area contributed by atoms with Gasteiger partial charge in [0.1, 0.15) is 0 Å². The fraction of sp³-hybridized carbons (Fsp3) is 0.278. The Hall–Kier alpha value is -2.49. The molecule has 0 aliphatic rings. The van der Waals surface area contributed by atoms with Crippen molar-refractivity contribution < 1.29 is 0 Å². The molecule has 0 amide bonds. The van der Waals surface area contributed by atoms with Crippen molar-refractivity contribution in [2.45, 2.75) is 32.7 Å². The Labute approximate surface area is 129 Å². The summed E-state index contributed by atoms with van der Waals surface area (Å²) in [7, 11) is 0. The van der Waals surface area contributed by atoms with Crippen LogP contribution in [0.25, 0.3) is 10.9 Å². The van der Waals surface area contributed by atoms with Crippen molar-refractivity contribution in [2.24, 2.45) is 0 Å². The standard InChI is InChI=1S/C18H19N3O/c1-18(2,3)16-8-9-17(22)21(20-16)12-13-6-7-15-14(11-13)5-4-10-19-15/h4-11H,12H2,1-3H3. The Kier molecular flexibility index (Phi) is 3.53. The van der Waals surface area contributed by atoms with E-state index in [0.29, 0.717) is 6.54 Å². The van der Waals surface area contributed by atoms with E-state index in [1.165, 1.54) is 4.68 Å². The first-order valence-corrected chi connectivity index (χ1v) is 7.36. The highest BCUT2D eigenvalue weighted by Gasteiger charge is 2.16. The van der Waals surface area contributed by atoms with Crippen LogP contribution in [0, 0.1) is 0 Å². The summed E-state index contributed by atoms with van der Waals surface area (Å²) >= 11 is 0. The molecule has 4 nitrogen and oxygen atoms in total. The van der Waals surface area contributed by atoms with Crippen LogP contribution in [-0.2, 0) is 12.0 Å². The molecule has 0 fully saturated rings. The normalized spacial score (nSPS) is 11.8. The maximum absolute atomic E-state index is 12.1. The Balaban J connectivity index is 1.99. The maximum atomic E-state index is 12.1. The molecule has 0 aliphatic heterocycles. The lowest BCUT2D eigenvalue weighted by molar-refractivity contribution is 0.518. The summed E-state index contributed by atoms with van der Waals surface area (Å²) in [4.78, 5) is 16.4. The van der Waals surface area contributed by atoms with E-state index in [-0.39, 0.29) is 11.0 Å². The van der Waals surface area contributed by atoms with Gasteiger partial charge in [-0.25, -0.2) is 4.68 Å². The summed E-state index contributed by atoms with van der Waals surface area (Å²) in [6.07, 6.45) is 1.78. The van der Waals surface area contributed by atoms with Crippen molar-refractivity contribution in [1.82, 2.24) is 14.8 Å². The molecule has 0 N–H and O–H groups in total. The van der Waals surface area contributed by atoms with Gasteiger partial charge in [-0.2, -0.15) is 5.10 Å². The van der Waals surface area contributed by atoms with Gasteiger partial charge in [0.25, 0.3) is 5.56 Å². The zero-order valence-electron chi connectivity index (χ0n) is 13.1. The number of benzene rings is 1. The van der Waals surface area contributed by atoms with E-state index < -0.39 is 0 Å². The minimum absolute atomic E-state index is 0.0806. The Morgan fingerprint density at radius 2 is 1.91 bits per heavy atom. The number of fused-ring (bicyclic) bond motifs is 1. The molecule has 2 heterocycles. The van der Waals surface area contributed by atoms with E-state index in [4.69, 9.17) is 0 Å². The second-order valence-electron chi connectivity index (χ2n) is 6.49. The van der Waals surface area contributed by atoms with Gasteiger partial charge in [-0.05, 0) is 29.8 Å². The van der Waals surface area contributed by atoms with Crippen molar-refractivity contribution in [3.8, 4) is 0 Å². The molecular weight excluding hydrogens is 274 g/mol. The zero-order valence-corrected chi connectivity index (χ0v) is 13.1. The van der Waals surface area contributed by atoms with Crippen LogP contribution in [0.4, 0.5) is 0 Å². The zero-order chi connectivity index (χ0) is 15.7. The summed E-state index contributed by atoms with van der Waals surface area (Å²) < 4.78 is 1.53. The Morgan fingerprint density at radius 1 is 1.09 bits per heavy atom. The largest absolute Gasteiger partial charge is 0.268 e. The third-order valence-electron chi connectivity index (χ3n) is 3.63. The lowest BCUT2D eigenvalue weighted by atomic mass is 9.92. The van der Waals surface area contributed by atoms with Crippen LogP contribution in [-0.4, -0.2) is 14.8 Å². The average molecular weight is 293 g/mol. The van der Waals surface area contributed by atoms with Crippen LogP contribution in [0.3, 0.4) is 0 Å². The minimum atomic E-state index is -0.0840. The number of nitrogens with zero attached hydrogens (tertiary/aromatic N) is 3. The van der Waals surface area contributed by atoms with Gasteiger partial charge >= 0.3 is 0 Å². The van der Waals surface area contributed by atoms with Crippen LogP contribution < -0.4 is 5.56 Å². The molecule has 0 bridgehead atoms. The van der Waals surface area contributed by atoms with E-state index in [1.807, 2.05) is 30.3 Å². The quantitative estimate of drug-likeness (QED) is 0.729. The highest BCUT2D eigenvalue weighted by Crippen LogP contribution is 2.18. The first-order valence-electron chi connectivity index (χ1n) is 7.36. The van der Waals surface area contributed by atoms with E-state index in [2.05, 4.69) is 36.9 Å². The molecule has 0 unspecified atom stereocenters. The second-order valence-corrected chi connectivity index (χ2v) is 6.49. The molecule has 22 heavy (non-hydrogen) atoms. The maximum Gasteiger partial charge on any atom is 0.267 e. The number of aromatic nitrogens is 3. The lowest BCUT2D eigenvalue weighted by Gasteiger charge is -2.18. The molecule has 0 aliphatic carbocycles. The van der Waals surface area contributed by atoms with Gasteiger partial charge in [0, 0.05) is 23.1 Å². The molecule has 0 spiro atoms. The van der Waals surface area contributed by atoms with Crippen molar-refractivity contribution in [3.05, 3.63) is 70.3 Å². The number of hydrogen-bond acceptors (Lipinski definition) is 3. The topological polar surface area (TPSA) is 47.8 Å². The van der Waals surface area contributed by atoms with Crippen molar-refractivity contribution >= 4 is 10.9 Å². The van der Waals surface area contributed by atoms with Gasteiger partial charge < -0.3 is 0 Å². The van der Waals surface area contributed by atoms with Crippen LogP contribution in [0.1, 0.15) is 32.0 Å². The molecule has 2 aromatic heterocycles. The van der Waals surface area contributed by atoms with Crippen molar-refractivity contribution in [3.63, 3.8) is 0 Å². The molecule has 0 saturated carbocycles. The third kappa shape index (κ3) is 2.91. The first kappa shape index (κ1) is 14.4. The lowest BCUT2D eigenvalue weighted by Crippen LogP contribution is -2.27. The molecule has 4 heteroatoms. The van der Waals surface area contributed by atoms with Crippen molar-refractivity contribution in [1.29, 1.82) is 0 Å². The monoisotopic (exact) mass is 293 g/mol. The van der Waals surface area contributed by atoms with Gasteiger partial charge in [0.05, 0.1) is 17.8 Å². The number of pyridine rings is 1. The summed E-state index contributed by atoms with van der Waals surface area (Å²) in [5, 5.41) is 5.58. The molecule has 0 radical (unpaired) electrons. The Bertz CT molecular complexity index is 875. The van der Waals surface area contributed by atoms with Gasteiger partial charge in [0.15, 0.2) is 0 Å². The molecule has 1 aromatic carbocycles. The van der Waals surface area contributed by atoms with Gasteiger partial charge in [-0.15, -0.1) is 0 Å². The number of rotatable bonds is 2. The van der Waals surface area contributed by atoms with E-state index >= 15 is 0 Å². The molecule has 0 atom stereocenters. The van der Waals surface area contributed by atoms with Crippen LogP contribution in [0.2, 0.25) is 0 Å². The van der Waals surface area contributed by atoms with E-state index in [0.717, 1.165) is 22.2 Å². The predicted molar refractivity (Wildman–Crippen MR) is 88.0 cm³/mol. The summed E-state index contributed by atoms with van der Waals surface area (Å²) in [5.41, 5.74) is 2.74. The molecule has 3 aromatic rings. The summed E-state index contributed by atoms with van der Waals surface area (Å²) in [6.45, 7) is 6.73. The minimum Gasteiger partial charge on any atom is -0.268 e. The van der Waals surface area contributed by atoms with E-state index in [1.54, 1.807) is 12.3 Å². The number of hydrogen-bond donors (Lipinski definition) is 0. The van der Waals surface area contributed by atoms with Gasteiger partial charge in [0.2, 0.25) is 0 Å². The molecule has 112 valence electrons. The molecule has 0 saturated heterocycles. The molecular formula is C18H19N3O. The van der Waals surface area contributed by atoms with Crippen LogP contribution in [0.15, 0.2) is 53.5 Å². The predicted octanol–water partition coefficient (Wildman–Crippen LogP) is 3.14. The fourth-order valence-corrected chi connectivity index (χ4v) is 2.36. The van der Waals surface area contributed by atoms with Crippen LogP contribution >= 0.6 is 0 Å². The highest BCUT2D eigenvalue weighted by molar-refractivity contribution is 5.78.